The van der Waals surface area contributed by atoms with Gasteiger partial charge in [-0.1, -0.05) is 38.3 Å². The summed E-state index contributed by atoms with van der Waals surface area (Å²) < 4.78 is 0. The minimum Gasteiger partial charge on any atom is -0.339 e. The molecule has 3 rings (SSSR count). The van der Waals surface area contributed by atoms with Crippen LogP contribution in [0.25, 0.3) is 0 Å². The molecule has 2 fully saturated rings. The average Bonchev–Trinajstić information content (AvgIpc) is 3.01. The highest BCUT2D eigenvalue weighted by Gasteiger charge is 2.41. The summed E-state index contributed by atoms with van der Waals surface area (Å²) in [5.74, 6) is 0.393. The van der Waals surface area contributed by atoms with Gasteiger partial charge in [-0.15, -0.1) is 0 Å². The first-order valence-electron chi connectivity index (χ1n) is 9.93. The second kappa shape index (κ2) is 8.52. The quantitative estimate of drug-likeness (QED) is 0.797. The van der Waals surface area contributed by atoms with Crippen molar-refractivity contribution in [3.63, 3.8) is 0 Å². The summed E-state index contributed by atoms with van der Waals surface area (Å²) in [5.41, 5.74) is 1.05. The molecule has 1 heterocycles. The molecule has 152 valence electrons. The van der Waals surface area contributed by atoms with Crippen LogP contribution < -0.4 is 10.6 Å². The zero-order chi connectivity index (χ0) is 20.4. The summed E-state index contributed by atoms with van der Waals surface area (Å²) in [7, 11) is 0. The monoisotopic (exact) mass is 405 g/mol. The van der Waals surface area contributed by atoms with Gasteiger partial charge in [-0.05, 0) is 36.5 Å². The lowest BCUT2D eigenvalue weighted by Gasteiger charge is -2.40. The number of halogens is 1. The molecule has 1 saturated carbocycles. The van der Waals surface area contributed by atoms with Crippen LogP contribution in [-0.4, -0.2) is 35.2 Å². The van der Waals surface area contributed by atoms with Crippen molar-refractivity contribution in [2.24, 2.45) is 17.8 Å². The van der Waals surface area contributed by atoms with Gasteiger partial charge in [-0.3, -0.25) is 14.4 Å². The lowest BCUT2D eigenvalue weighted by atomic mass is 9.77. The Kier molecular flexibility index (Phi) is 6.28. The van der Waals surface area contributed by atoms with Gasteiger partial charge in [0.05, 0.1) is 16.6 Å². The summed E-state index contributed by atoms with van der Waals surface area (Å²) in [6.07, 6.45) is 3.61. The van der Waals surface area contributed by atoms with E-state index in [2.05, 4.69) is 24.5 Å². The first-order valence-corrected chi connectivity index (χ1v) is 10.3. The number of amides is 3. The van der Waals surface area contributed by atoms with Gasteiger partial charge in [-0.25, -0.2) is 0 Å². The molecule has 4 unspecified atom stereocenters. The van der Waals surface area contributed by atoms with Crippen LogP contribution in [0.5, 0.6) is 0 Å². The lowest BCUT2D eigenvalue weighted by Crippen LogP contribution is -2.45. The third-order valence-electron chi connectivity index (χ3n) is 6.14. The van der Waals surface area contributed by atoms with Crippen LogP contribution in [0.3, 0.4) is 0 Å². The van der Waals surface area contributed by atoms with Crippen LogP contribution in [0.15, 0.2) is 18.2 Å². The molecule has 2 aliphatic rings. The summed E-state index contributed by atoms with van der Waals surface area (Å²) >= 11 is 6.17. The van der Waals surface area contributed by atoms with E-state index in [1.54, 1.807) is 18.2 Å². The number of carbonyl (C=O) groups is 3. The second-order valence-electron chi connectivity index (χ2n) is 8.15. The van der Waals surface area contributed by atoms with E-state index in [-0.39, 0.29) is 36.1 Å². The summed E-state index contributed by atoms with van der Waals surface area (Å²) in [4.78, 5) is 38.4. The molecule has 1 aliphatic heterocycles. The minimum atomic E-state index is -0.356. The normalized spacial score (nSPS) is 27.6. The molecule has 1 saturated heterocycles. The number of likely N-dealkylation sites (tertiary alicyclic amines) is 1. The molecule has 3 amide bonds. The molecule has 4 atom stereocenters. The fourth-order valence-electron chi connectivity index (χ4n) is 4.35. The van der Waals surface area contributed by atoms with Crippen LogP contribution in [-0.2, 0) is 14.4 Å². The van der Waals surface area contributed by atoms with Gasteiger partial charge >= 0.3 is 0 Å². The molecule has 0 radical (unpaired) electrons. The smallest absolute Gasteiger partial charge is 0.229 e. The standard InChI is InChI=1S/C21H28ClN3O3/c1-12-5-4-6-19(13(12)2)25-11-15(9-20(25)27)21(28)24-16-7-8-18(17(22)10-16)23-14(3)26/h7-8,10,12-13,15,19H,4-6,9,11H2,1-3H3,(H,23,26)(H,24,28). The van der Waals surface area contributed by atoms with Crippen molar-refractivity contribution < 1.29 is 14.4 Å². The number of anilines is 2. The van der Waals surface area contributed by atoms with Crippen LogP contribution in [0.2, 0.25) is 5.02 Å². The highest BCUT2D eigenvalue weighted by Crippen LogP contribution is 2.36. The van der Waals surface area contributed by atoms with E-state index in [1.165, 1.54) is 13.3 Å². The predicted octanol–water partition coefficient (Wildman–Crippen LogP) is 3.91. The van der Waals surface area contributed by atoms with Gasteiger partial charge in [-0.2, -0.15) is 0 Å². The van der Waals surface area contributed by atoms with Crippen molar-refractivity contribution in [1.29, 1.82) is 0 Å². The molecule has 0 bridgehead atoms. The van der Waals surface area contributed by atoms with Crippen LogP contribution in [0, 0.1) is 17.8 Å². The molecule has 28 heavy (non-hydrogen) atoms. The Morgan fingerprint density at radius 2 is 1.93 bits per heavy atom. The highest BCUT2D eigenvalue weighted by atomic mass is 35.5. The zero-order valence-corrected chi connectivity index (χ0v) is 17.4. The van der Waals surface area contributed by atoms with Gasteiger partial charge in [0.15, 0.2) is 0 Å². The van der Waals surface area contributed by atoms with Gasteiger partial charge < -0.3 is 15.5 Å². The molecule has 7 heteroatoms. The molecular formula is C21H28ClN3O3. The summed E-state index contributed by atoms with van der Waals surface area (Å²) in [6, 6.07) is 5.18. The lowest BCUT2D eigenvalue weighted by molar-refractivity contribution is -0.131. The zero-order valence-electron chi connectivity index (χ0n) is 16.6. The Balaban J connectivity index is 1.63. The molecule has 0 aromatic heterocycles. The molecule has 1 aromatic carbocycles. The van der Waals surface area contributed by atoms with Crippen LogP contribution in [0.4, 0.5) is 11.4 Å². The van der Waals surface area contributed by atoms with Crippen molar-refractivity contribution in [1.82, 2.24) is 4.90 Å². The van der Waals surface area contributed by atoms with Crippen molar-refractivity contribution in [3.05, 3.63) is 23.2 Å². The minimum absolute atomic E-state index is 0.0742. The van der Waals surface area contributed by atoms with E-state index < -0.39 is 0 Å². The molecule has 6 nitrogen and oxygen atoms in total. The number of nitrogens with one attached hydrogen (secondary N) is 2. The largest absolute Gasteiger partial charge is 0.339 e. The fourth-order valence-corrected chi connectivity index (χ4v) is 4.58. The third kappa shape index (κ3) is 4.49. The van der Waals surface area contributed by atoms with E-state index >= 15 is 0 Å². The van der Waals surface area contributed by atoms with E-state index in [0.717, 1.165) is 12.8 Å². The summed E-state index contributed by atoms with van der Waals surface area (Å²) in [5, 5.41) is 5.83. The van der Waals surface area contributed by atoms with Gasteiger partial charge in [0.25, 0.3) is 0 Å². The Hall–Kier alpha value is -2.08. The first-order chi connectivity index (χ1) is 13.3. The third-order valence-corrected chi connectivity index (χ3v) is 6.45. The Bertz CT molecular complexity index is 782. The van der Waals surface area contributed by atoms with E-state index in [0.29, 0.717) is 34.8 Å². The number of hydrogen-bond acceptors (Lipinski definition) is 3. The van der Waals surface area contributed by atoms with E-state index in [4.69, 9.17) is 11.6 Å². The van der Waals surface area contributed by atoms with Crippen molar-refractivity contribution in [3.8, 4) is 0 Å². The first kappa shape index (κ1) is 20.6. The maximum atomic E-state index is 12.7. The number of carbonyl (C=O) groups excluding carboxylic acids is 3. The van der Waals surface area contributed by atoms with Crippen molar-refractivity contribution in [2.75, 3.05) is 17.2 Å². The summed E-state index contributed by atoms with van der Waals surface area (Å²) in [6.45, 7) is 6.34. The van der Waals surface area contributed by atoms with E-state index in [1.807, 2.05) is 4.90 Å². The van der Waals surface area contributed by atoms with Gasteiger partial charge in [0.2, 0.25) is 17.7 Å². The Labute approximate surface area is 171 Å². The molecule has 0 spiro atoms. The number of nitrogens with zero attached hydrogens (tertiary/aromatic N) is 1. The maximum absolute atomic E-state index is 12.7. The fraction of sp³-hybridized carbons (Fsp3) is 0.571. The van der Waals surface area contributed by atoms with E-state index in [9.17, 15) is 14.4 Å². The molecular weight excluding hydrogens is 378 g/mol. The highest BCUT2D eigenvalue weighted by molar-refractivity contribution is 6.34. The second-order valence-corrected chi connectivity index (χ2v) is 8.55. The topological polar surface area (TPSA) is 78.5 Å². The molecule has 1 aliphatic carbocycles. The van der Waals surface area contributed by atoms with Crippen molar-refractivity contribution >= 4 is 40.7 Å². The average molecular weight is 406 g/mol. The van der Waals surface area contributed by atoms with Crippen LogP contribution in [0.1, 0.15) is 46.5 Å². The number of hydrogen-bond donors (Lipinski definition) is 2. The predicted molar refractivity (Wildman–Crippen MR) is 110 cm³/mol. The van der Waals surface area contributed by atoms with Gasteiger partial charge in [0, 0.05) is 31.6 Å². The van der Waals surface area contributed by atoms with Crippen molar-refractivity contribution in [2.45, 2.75) is 52.5 Å². The Morgan fingerprint density at radius 3 is 2.61 bits per heavy atom. The molecule has 1 aromatic rings. The Morgan fingerprint density at radius 1 is 1.18 bits per heavy atom. The molecule has 2 N–H and O–H groups in total. The van der Waals surface area contributed by atoms with Crippen LogP contribution >= 0.6 is 11.6 Å². The maximum Gasteiger partial charge on any atom is 0.229 e. The SMILES string of the molecule is CC(=O)Nc1ccc(NC(=O)C2CC(=O)N(C3CCCC(C)C3C)C2)cc1Cl. The number of benzene rings is 1. The van der Waals surface area contributed by atoms with Gasteiger partial charge in [0.1, 0.15) is 0 Å². The number of rotatable bonds is 4.